The van der Waals surface area contributed by atoms with Crippen molar-refractivity contribution in [3.8, 4) is 33.9 Å². The third-order valence-electron chi connectivity index (χ3n) is 13.2. The lowest BCUT2D eigenvalue weighted by atomic mass is 9.83. The standard InChI is InChI=1S/C28H24F2N8O.C24H20BrF2N5O.C4H6BN3O2/c1-16-26(21-4-2-3-5-32-21)37-23-11-18(29)10-20(30)25(23)27(16)36-22-12-24(38-6-8-39-9-7-38)33-15-19(22)17-13-34-28(31)35-14-17;1-14-23(18-4-2-3-5-28-18)31-20-11-15(26)10-17(27)22(20)24(14)30-19-12-21(29-13-16(19)25)32-6-8-33-9-7-32;6-4-7-1-3(2-8-4)5(9)10/h2-5,10-15H,6-9H2,1H3,(H2,31,34,35)(H,33,36,37);2-5,10-13H,6-9H2,1H3,(H,29,30,31);1-2,9-10H,(H2,6,7,8). The Morgan fingerprint density at radius 3 is 1.48 bits per heavy atom. The summed E-state index contributed by atoms with van der Waals surface area (Å²) < 4.78 is 70.4. The van der Waals surface area contributed by atoms with Crippen LogP contribution in [0, 0.1) is 37.1 Å². The molecule has 82 heavy (non-hydrogen) atoms. The number of fused-ring (bicyclic) bond motifs is 2. The first kappa shape index (κ1) is 56.2. The van der Waals surface area contributed by atoms with Crippen LogP contribution in [0.25, 0.3) is 55.7 Å². The summed E-state index contributed by atoms with van der Waals surface area (Å²) in [5.74, 6) is -1.04. The predicted octanol–water partition coefficient (Wildman–Crippen LogP) is 8.26. The van der Waals surface area contributed by atoms with E-state index in [0.717, 1.165) is 36.9 Å². The first-order valence-corrected chi connectivity index (χ1v) is 26.3. The maximum atomic E-state index is 15.4. The second-order valence-electron chi connectivity index (χ2n) is 18.6. The predicted molar refractivity (Wildman–Crippen MR) is 310 cm³/mol. The number of rotatable bonds is 10. The molecule has 10 aromatic rings. The van der Waals surface area contributed by atoms with Crippen molar-refractivity contribution in [1.82, 2.24) is 49.8 Å². The lowest BCUT2D eigenvalue weighted by Crippen LogP contribution is -2.36. The van der Waals surface area contributed by atoms with Crippen molar-refractivity contribution < 1.29 is 37.1 Å². The van der Waals surface area contributed by atoms with Crippen LogP contribution in [0.5, 0.6) is 0 Å². The molecule has 416 valence electrons. The van der Waals surface area contributed by atoms with Gasteiger partial charge in [0, 0.05) is 140 Å². The summed E-state index contributed by atoms with van der Waals surface area (Å²) in [6.07, 6.45) is 12.5. The van der Waals surface area contributed by atoms with E-state index in [1.54, 1.807) is 55.4 Å². The van der Waals surface area contributed by atoms with Crippen LogP contribution in [0.1, 0.15) is 11.1 Å². The van der Waals surface area contributed by atoms with Crippen molar-refractivity contribution in [2.24, 2.45) is 0 Å². The van der Waals surface area contributed by atoms with Crippen molar-refractivity contribution in [1.29, 1.82) is 0 Å². The van der Waals surface area contributed by atoms with Gasteiger partial charge in [-0.1, -0.05) is 12.1 Å². The molecule has 8 aromatic heterocycles. The highest BCUT2D eigenvalue weighted by molar-refractivity contribution is 9.10. The van der Waals surface area contributed by atoms with E-state index >= 15 is 8.78 Å². The van der Waals surface area contributed by atoms with Crippen molar-refractivity contribution >= 4 is 96.6 Å². The van der Waals surface area contributed by atoms with Crippen molar-refractivity contribution in [2.75, 3.05) is 84.5 Å². The van der Waals surface area contributed by atoms with Gasteiger partial charge in [0.15, 0.2) is 0 Å². The highest BCUT2D eigenvalue weighted by Crippen LogP contribution is 2.41. The zero-order valence-corrected chi connectivity index (χ0v) is 45.5. The maximum Gasteiger partial charge on any atom is 0.491 e. The minimum atomic E-state index is -1.53. The number of hydrogen-bond donors (Lipinski definition) is 6. The van der Waals surface area contributed by atoms with Crippen LogP contribution >= 0.6 is 15.9 Å². The summed E-state index contributed by atoms with van der Waals surface area (Å²) in [4.78, 5) is 46.8. The Labute approximate surface area is 475 Å². The van der Waals surface area contributed by atoms with E-state index in [0.29, 0.717) is 112 Å². The van der Waals surface area contributed by atoms with Gasteiger partial charge in [-0.05, 0) is 54.0 Å². The van der Waals surface area contributed by atoms with Gasteiger partial charge < -0.3 is 51.4 Å². The molecule has 0 atom stereocenters. The van der Waals surface area contributed by atoms with Crippen LogP contribution in [0.4, 0.5) is 63.8 Å². The smallest absolute Gasteiger partial charge is 0.423 e. The lowest BCUT2D eigenvalue weighted by Gasteiger charge is -2.28. The van der Waals surface area contributed by atoms with Gasteiger partial charge in [0.05, 0.1) is 98.2 Å². The Morgan fingerprint density at radius 1 is 0.561 bits per heavy atom. The summed E-state index contributed by atoms with van der Waals surface area (Å²) in [5, 5.41) is 24.3. The number of morpholine rings is 2. The van der Waals surface area contributed by atoms with Crippen LogP contribution in [0.2, 0.25) is 0 Å². The molecule has 2 fully saturated rings. The minimum absolute atomic E-state index is 0.115. The molecule has 2 aliphatic rings. The number of nitrogens with one attached hydrogen (secondary N) is 2. The minimum Gasteiger partial charge on any atom is -0.423 e. The molecule has 26 heteroatoms. The molecule has 20 nitrogen and oxygen atoms in total. The monoisotopic (exact) mass is 1180 g/mol. The van der Waals surface area contributed by atoms with Gasteiger partial charge in [-0.25, -0.2) is 57.4 Å². The molecule has 10 heterocycles. The van der Waals surface area contributed by atoms with Gasteiger partial charge in [0.1, 0.15) is 34.9 Å². The first-order chi connectivity index (χ1) is 39.7. The van der Waals surface area contributed by atoms with Gasteiger partial charge in [-0.3, -0.25) is 9.97 Å². The van der Waals surface area contributed by atoms with Gasteiger partial charge in [-0.2, -0.15) is 0 Å². The molecule has 2 aromatic carbocycles. The van der Waals surface area contributed by atoms with Crippen molar-refractivity contribution in [3.05, 3.63) is 161 Å². The van der Waals surface area contributed by atoms with Crippen LogP contribution < -0.4 is 37.4 Å². The Bertz CT molecular complexity index is 3900. The molecule has 0 saturated carbocycles. The second-order valence-corrected chi connectivity index (χ2v) is 19.4. The molecule has 0 amide bonds. The zero-order chi connectivity index (χ0) is 57.4. The van der Waals surface area contributed by atoms with Crippen molar-refractivity contribution in [3.63, 3.8) is 0 Å². The lowest BCUT2D eigenvalue weighted by molar-refractivity contribution is 0.122. The number of halogens is 5. The molecular weight excluding hydrogens is 1130 g/mol. The number of benzene rings is 2. The van der Waals surface area contributed by atoms with Crippen molar-refractivity contribution in [2.45, 2.75) is 13.8 Å². The summed E-state index contributed by atoms with van der Waals surface area (Å²) in [6.45, 7) is 8.99. The highest BCUT2D eigenvalue weighted by Gasteiger charge is 2.24. The summed E-state index contributed by atoms with van der Waals surface area (Å²) >= 11 is 3.54. The number of anilines is 8. The van der Waals surface area contributed by atoms with Gasteiger partial charge >= 0.3 is 7.12 Å². The fourth-order valence-electron chi connectivity index (χ4n) is 9.09. The molecule has 0 spiro atoms. The molecule has 0 radical (unpaired) electrons. The number of nitrogen functional groups attached to an aromatic ring is 2. The largest absolute Gasteiger partial charge is 0.491 e. The summed E-state index contributed by atoms with van der Waals surface area (Å²) in [7, 11) is -1.53. The topological polar surface area (TPSA) is 270 Å². The summed E-state index contributed by atoms with van der Waals surface area (Å²) in [5.41, 5.74) is 18.7. The highest BCUT2D eigenvalue weighted by atomic mass is 79.9. The number of aromatic nitrogens is 10. The second kappa shape index (κ2) is 25.2. The molecule has 2 saturated heterocycles. The average molecular weight is 1180 g/mol. The van der Waals surface area contributed by atoms with E-state index in [9.17, 15) is 8.78 Å². The molecule has 0 bridgehead atoms. The van der Waals surface area contributed by atoms with E-state index in [1.165, 1.54) is 24.5 Å². The van der Waals surface area contributed by atoms with Gasteiger partial charge in [0.25, 0.3) is 0 Å². The first-order valence-electron chi connectivity index (χ1n) is 25.5. The molecule has 0 unspecified atom stereocenters. The fraction of sp³-hybridized carbons (Fsp3) is 0.179. The molecule has 12 rings (SSSR count). The Morgan fingerprint density at radius 2 is 1.01 bits per heavy atom. The molecule has 2 aliphatic heterocycles. The quantitative estimate of drug-likeness (QED) is 0.0555. The van der Waals surface area contributed by atoms with Crippen LogP contribution in [0.3, 0.4) is 0 Å². The normalized spacial score (nSPS) is 13.2. The van der Waals surface area contributed by atoms with E-state index in [2.05, 4.69) is 86.2 Å². The number of hydrogen-bond acceptors (Lipinski definition) is 20. The Balaban J connectivity index is 0.000000159. The molecule has 8 N–H and O–H groups in total. The van der Waals surface area contributed by atoms with E-state index < -0.39 is 30.4 Å². The third kappa shape index (κ3) is 12.7. The number of pyridine rings is 6. The number of nitrogens with zero attached hydrogens (tertiary/aromatic N) is 12. The number of nitrogens with two attached hydrogens (primary N) is 2. The number of ether oxygens (including phenoxy) is 2. The van der Waals surface area contributed by atoms with Gasteiger partial charge in [0.2, 0.25) is 11.9 Å². The van der Waals surface area contributed by atoms with Gasteiger partial charge in [-0.15, -0.1) is 0 Å². The van der Waals surface area contributed by atoms with Crippen LogP contribution in [-0.4, -0.2) is 120 Å². The SMILES string of the molecule is Cc1c(-c2ccccn2)nc2cc(F)cc(F)c2c1Nc1cc(N2CCOCC2)ncc1-c1cnc(N)nc1.Cc1c(-c2ccccn2)nc2cc(F)cc(F)c2c1Nc1cc(N2CCOCC2)ncc1Br.Nc1ncc(B(O)O)cn1. The maximum absolute atomic E-state index is 15.4. The Kier molecular flexibility index (Phi) is 17.2. The van der Waals surface area contributed by atoms with E-state index in [4.69, 9.17) is 31.0 Å². The zero-order valence-electron chi connectivity index (χ0n) is 43.9. The molecular formula is C56H50BBrF4N16O4. The van der Waals surface area contributed by atoms with E-state index in [1.807, 2.05) is 44.2 Å². The fourth-order valence-corrected chi connectivity index (χ4v) is 9.40. The van der Waals surface area contributed by atoms with E-state index in [-0.39, 0.29) is 39.2 Å². The summed E-state index contributed by atoms with van der Waals surface area (Å²) in [6, 6.07) is 18.9. The van der Waals surface area contributed by atoms with Crippen LogP contribution in [-0.2, 0) is 9.47 Å². The third-order valence-corrected chi connectivity index (χ3v) is 13.8. The average Bonchev–Trinajstić information content (AvgIpc) is 3.60. The molecule has 0 aliphatic carbocycles. The Hall–Kier alpha value is -9.08. The van der Waals surface area contributed by atoms with Crippen LogP contribution in [0.15, 0.2) is 127 Å².